The van der Waals surface area contributed by atoms with Crippen LogP contribution < -0.4 is 0 Å². The maximum absolute atomic E-state index is 11.6. The lowest BCUT2D eigenvalue weighted by Gasteiger charge is -2.16. The van der Waals surface area contributed by atoms with E-state index < -0.39 is 0 Å². The van der Waals surface area contributed by atoms with E-state index in [0.717, 1.165) is 5.56 Å². The predicted octanol–water partition coefficient (Wildman–Crippen LogP) is 1.91. The fourth-order valence-electron chi connectivity index (χ4n) is 1.69. The Bertz CT molecular complexity index is 610. The molecule has 2 rings (SSSR count). The average molecular weight is 309 g/mol. The summed E-state index contributed by atoms with van der Waals surface area (Å²) in [6.45, 7) is 0.714. The third-order valence-corrected chi connectivity index (χ3v) is 3.13. The van der Waals surface area contributed by atoms with Gasteiger partial charge in [0.15, 0.2) is 0 Å². The highest BCUT2D eigenvalue weighted by Gasteiger charge is 2.13. The van der Waals surface area contributed by atoms with E-state index in [-0.39, 0.29) is 5.91 Å². The Labute approximate surface area is 128 Å². The van der Waals surface area contributed by atoms with E-state index in [9.17, 15) is 4.79 Å². The Hall–Kier alpha value is -1.92. The molecule has 0 bridgehead atoms. The van der Waals surface area contributed by atoms with Crippen LogP contribution in [0.3, 0.4) is 0 Å². The average Bonchev–Trinajstić information content (AvgIpc) is 2.87. The van der Waals surface area contributed by atoms with Gasteiger partial charge in [-0.2, -0.15) is 4.98 Å². The summed E-state index contributed by atoms with van der Waals surface area (Å²) in [7, 11) is 5.27. The number of halogens is 1. The number of amides is 1. The SMILES string of the molecule is CN(CC(=O)N(C)C)Cc1nc(-c2ccc(Cl)cc2)no1. The van der Waals surface area contributed by atoms with E-state index in [1.807, 2.05) is 24.1 Å². The molecule has 2 aromatic rings. The van der Waals surface area contributed by atoms with Crippen molar-refractivity contribution in [1.29, 1.82) is 0 Å². The maximum Gasteiger partial charge on any atom is 0.241 e. The summed E-state index contributed by atoms with van der Waals surface area (Å²) in [6.07, 6.45) is 0. The Balaban J connectivity index is 2.00. The van der Waals surface area contributed by atoms with Crippen LogP contribution in [0, 0.1) is 0 Å². The van der Waals surface area contributed by atoms with Crippen LogP contribution in [0.5, 0.6) is 0 Å². The molecule has 21 heavy (non-hydrogen) atoms. The van der Waals surface area contributed by atoms with Gasteiger partial charge in [0.1, 0.15) is 0 Å². The molecule has 0 fully saturated rings. The third-order valence-electron chi connectivity index (χ3n) is 2.88. The number of benzene rings is 1. The molecule has 6 nitrogen and oxygen atoms in total. The molecular weight excluding hydrogens is 292 g/mol. The highest BCUT2D eigenvalue weighted by molar-refractivity contribution is 6.30. The second kappa shape index (κ2) is 6.69. The first-order valence-electron chi connectivity index (χ1n) is 6.43. The summed E-state index contributed by atoms with van der Waals surface area (Å²) < 4.78 is 5.20. The molecule has 1 amide bonds. The molecule has 0 spiro atoms. The van der Waals surface area contributed by atoms with Gasteiger partial charge in [0.2, 0.25) is 17.6 Å². The normalized spacial score (nSPS) is 10.9. The molecule has 0 saturated carbocycles. The molecule has 0 aliphatic carbocycles. The smallest absolute Gasteiger partial charge is 0.241 e. The van der Waals surface area contributed by atoms with Gasteiger partial charge in [-0.3, -0.25) is 9.69 Å². The van der Waals surface area contributed by atoms with E-state index in [0.29, 0.717) is 29.8 Å². The first-order valence-corrected chi connectivity index (χ1v) is 6.80. The van der Waals surface area contributed by atoms with E-state index in [2.05, 4.69) is 10.1 Å². The molecule has 0 atom stereocenters. The van der Waals surface area contributed by atoms with E-state index in [1.165, 1.54) is 0 Å². The lowest BCUT2D eigenvalue weighted by Crippen LogP contribution is -2.34. The largest absolute Gasteiger partial charge is 0.348 e. The van der Waals surface area contributed by atoms with Gasteiger partial charge in [-0.15, -0.1) is 0 Å². The molecule has 1 aromatic carbocycles. The number of hydrogen-bond acceptors (Lipinski definition) is 5. The molecule has 112 valence electrons. The number of carbonyl (C=O) groups excluding carboxylic acids is 1. The summed E-state index contributed by atoms with van der Waals surface area (Å²) in [5.74, 6) is 0.998. The van der Waals surface area contributed by atoms with Crippen molar-refractivity contribution in [2.24, 2.45) is 0 Å². The summed E-state index contributed by atoms with van der Waals surface area (Å²) >= 11 is 5.84. The number of likely N-dealkylation sites (N-methyl/N-ethyl adjacent to an activating group) is 2. The summed E-state index contributed by atoms with van der Waals surface area (Å²) in [5.41, 5.74) is 0.835. The first kappa shape index (κ1) is 15.5. The minimum absolute atomic E-state index is 0.0231. The van der Waals surface area contributed by atoms with Gasteiger partial charge in [0.05, 0.1) is 13.1 Å². The standard InChI is InChI=1S/C14H17ClN4O2/c1-18(2)13(20)9-19(3)8-12-16-14(17-21-12)10-4-6-11(15)7-5-10/h4-7H,8-9H2,1-3H3. The fourth-order valence-corrected chi connectivity index (χ4v) is 1.82. The van der Waals surface area contributed by atoms with Crippen molar-refractivity contribution < 1.29 is 9.32 Å². The Morgan fingerprint density at radius 1 is 1.24 bits per heavy atom. The van der Waals surface area contributed by atoms with Crippen molar-refractivity contribution in [2.45, 2.75) is 6.54 Å². The molecule has 1 aromatic heterocycles. The summed E-state index contributed by atoms with van der Waals surface area (Å²) in [6, 6.07) is 7.20. The Morgan fingerprint density at radius 2 is 1.90 bits per heavy atom. The predicted molar refractivity (Wildman–Crippen MR) is 79.8 cm³/mol. The van der Waals surface area contributed by atoms with Crippen LogP contribution in [0.2, 0.25) is 5.02 Å². The molecule has 0 unspecified atom stereocenters. The van der Waals surface area contributed by atoms with E-state index in [4.69, 9.17) is 16.1 Å². The van der Waals surface area contributed by atoms with Gasteiger partial charge in [-0.25, -0.2) is 0 Å². The topological polar surface area (TPSA) is 62.5 Å². The number of aromatic nitrogens is 2. The lowest BCUT2D eigenvalue weighted by atomic mass is 10.2. The molecule has 0 radical (unpaired) electrons. The summed E-state index contributed by atoms with van der Waals surface area (Å²) in [5, 5.41) is 4.59. The Kier molecular flexibility index (Phi) is 4.93. The van der Waals surface area contributed by atoms with Crippen LogP contribution in [-0.2, 0) is 11.3 Å². The van der Waals surface area contributed by atoms with E-state index in [1.54, 1.807) is 31.1 Å². The number of rotatable bonds is 5. The van der Waals surface area contributed by atoms with Crippen molar-refractivity contribution in [2.75, 3.05) is 27.7 Å². The van der Waals surface area contributed by atoms with E-state index >= 15 is 0 Å². The van der Waals surface area contributed by atoms with Crippen molar-refractivity contribution in [3.05, 3.63) is 35.2 Å². The van der Waals surface area contributed by atoms with Gasteiger partial charge in [0.25, 0.3) is 0 Å². The van der Waals surface area contributed by atoms with Crippen molar-refractivity contribution >= 4 is 17.5 Å². The van der Waals surface area contributed by atoms with Gasteiger partial charge in [0, 0.05) is 24.7 Å². The first-order chi connectivity index (χ1) is 9.95. The van der Waals surface area contributed by atoms with Gasteiger partial charge in [-0.1, -0.05) is 16.8 Å². The van der Waals surface area contributed by atoms with Crippen molar-refractivity contribution in [3.63, 3.8) is 0 Å². The van der Waals surface area contributed by atoms with Crippen LogP contribution in [0.15, 0.2) is 28.8 Å². The maximum atomic E-state index is 11.6. The minimum atomic E-state index is 0.0231. The minimum Gasteiger partial charge on any atom is -0.348 e. The van der Waals surface area contributed by atoms with Crippen LogP contribution in [0.25, 0.3) is 11.4 Å². The van der Waals surface area contributed by atoms with Crippen molar-refractivity contribution in [1.82, 2.24) is 19.9 Å². The lowest BCUT2D eigenvalue weighted by molar-refractivity contribution is -0.129. The van der Waals surface area contributed by atoms with Crippen LogP contribution >= 0.6 is 11.6 Å². The Morgan fingerprint density at radius 3 is 2.52 bits per heavy atom. The van der Waals surface area contributed by atoms with Crippen molar-refractivity contribution in [3.8, 4) is 11.4 Å². The highest BCUT2D eigenvalue weighted by Crippen LogP contribution is 2.18. The molecule has 0 saturated heterocycles. The molecule has 0 N–H and O–H groups in total. The van der Waals surface area contributed by atoms with Gasteiger partial charge >= 0.3 is 0 Å². The zero-order valence-electron chi connectivity index (χ0n) is 12.2. The van der Waals surface area contributed by atoms with Crippen LogP contribution in [0.1, 0.15) is 5.89 Å². The molecular formula is C14H17ClN4O2. The monoisotopic (exact) mass is 308 g/mol. The molecule has 0 aliphatic heterocycles. The highest BCUT2D eigenvalue weighted by atomic mass is 35.5. The zero-order chi connectivity index (χ0) is 15.4. The second-order valence-electron chi connectivity index (χ2n) is 4.98. The number of hydrogen-bond donors (Lipinski definition) is 0. The third kappa shape index (κ3) is 4.27. The van der Waals surface area contributed by atoms with Gasteiger partial charge in [-0.05, 0) is 31.3 Å². The van der Waals surface area contributed by atoms with Crippen LogP contribution in [0.4, 0.5) is 0 Å². The summed E-state index contributed by atoms with van der Waals surface area (Å²) in [4.78, 5) is 19.3. The molecule has 7 heteroatoms. The zero-order valence-corrected chi connectivity index (χ0v) is 13.0. The van der Waals surface area contributed by atoms with Gasteiger partial charge < -0.3 is 9.42 Å². The molecule has 1 heterocycles. The second-order valence-corrected chi connectivity index (χ2v) is 5.42. The number of nitrogens with zero attached hydrogens (tertiary/aromatic N) is 4. The quantitative estimate of drug-likeness (QED) is 0.844. The fraction of sp³-hybridized carbons (Fsp3) is 0.357. The molecule has 0 aliphatic rings. The van der Waals surface area contributed by atoms with Crippen LogP contribution in [-0.4, -0.2) is 53.5 Å². The number of carbonyl (C=O) groups is 1.